The zero-order chi connectivity index (χ0) is 17.8. The first-order valence-electron chi connectivity index (χ1n) is 9.14. The lowest BCUT2D eigenvalue weighted by Crippen LogP contribution is -2.06. The van der Waals surface area contributed by atoms with E-state index < -0.39 is 5.97 Å². The Morgan fingerprint density at radius 3 is 2.13 bits per heavy atom. The second-order valence-electron chi connectivity index (χ2n) is 7.56. The van der Waals surface area contributed by atoms with Crippen LogP contribution < -0.4 is 0 Å². The molecule has 0 amide bonds. The number of carboxylic acid groups (broad SMARTS) is 1. The molecule has 23 heavy (non-hydrogen) atoms. The first-order valence-corrected chi connectivity index (χ1v) is 9.14. The number of carbonyl (C=O) groups excluding carboxylic acids is 1. The molecule has 0 spiro atoms. The van der Waals surface area contributed by atoms with Gasteiger partial charge >= 0.3 is 5.97 Å². The smallest absolute Gasteiger partial charge is 0.303 e. The normalized spacial score (nSPS) is 14.8. The molecule has 3 nitrogen and oxygen atoms in total. The number of carbonyl (C=O) groups is 2. The number of hydrogen-bond donors (Lipinski definition) is 1. The molecule has 3 heteroatoms. The molecule has 0 unspecified atom stereocenters. The molecule has 0 aliphatic carbocycles. The van der Waals surface area contributed by atoms with E-state index in [0.29, 0.717) is 18.3 Å². The fourth-order valence-electron chi connectivity index (χ4n) is 2.68. The third-order valence-electron chi connectivity index (χ3n) is 4.42. The molecule has 2 atom stereocenters. The number of aliphatic carboxylic acids is 1. The molecule has 0 heterocycles. The van der Waals surface area contributed by atoms with Crippen molar-refractivity contribution in [2.24, 2.45) is 17.8 Å². The Balaban J connectivity index is 3.88. The maximum absolute atomic E-state index is 12.1. The van der Waals surface area contributed by atoms with Crippen LogP contribution in [0.15, 0.2) is 11.6 Å². The van der Waals surface area contributed by atoms with E-state index in [0.717, 1.165) is 44.1 Å². The quantitative estimate of drug-likeness (QED) is 0.446. The Hall–Kier alpha value is -1.12. The van der Waals surface area contributed by atoms with E-state index in [-0.39, 0.29) is 18.1 Å². The number of carboxylic acids is 1. The standard InChI is InChI=1S/C20H36O3/c1-15(2)8-6-11-18(5)19(21)13-12-16(3)9-7-10-17(4)14-20(22)23/h11,15-17H,6-10,12-14H2,1-5H3,(H,22,23)/b18-11+/t16-,17+/m1/s1. The summed E-state index contributed by atoms with van der Waals surface area (Å²) in [5, 5.41) is 8.74. The van der Waals surface area contributed by atoms with Crippen LogP contribution in [0.1, 0.15) is 86.0 Å². The highest BCUT2D eigenvalue weighted by molar-refractivity contribution is 5.94. The lowest BCUT2D eigenvalue weighted by atomic mass is 9.92. The maximum Gasteiger partial charge on any atom is 0.303 e. The van der Waals surface area contributed by atoms with Gasteiger partial charge in [0.1, 0.15) is 0 Å². The summed E-state index contributed by atoms with van der Waals surface area (Å²) in [6, 6.07) is 0. The lowest BCUT2D eigenvalue weighted by Gasteiger charge is -2.13. The van der Waals surface area contributed by atoms with Gasteiger partial charge in [-0.25, -0.2) is 0 Å². The van der Waals surface area contributed by atoms with Crippen molar-refractivity contribution < 1.29 is 14.7 Å². The Bertz CT molecular complexity index is 382. The zero-order valence-corrected chi connectivity index (χ0v) is 15.7. The van der Waals surface area contributed by atoms with Crippen molar-refractivity contribution in [3.8, 4) is 0 Å². The molecule has 1 N–H and O–H groups in total. The Morgan fingerprint density at radius 2 is 1.57 bits per heavy atom. The number of ketones is 1. The molecule has 0 rings (SSSR count). The van der Waals surface area contributed by atoms with Crippen LogP contribution in [0.25, 0.3) is 0 Å². The number of Topliss-reactive ketones (excluding diaryl/α,β-unsaturated/α-hetero) is 1. The molecular weight excluding hydrogens is 288 g/mol. The van der Waals surface area contributed by atoms with Crippen molar-refractivity contribution in [3.63, 3.8) is 0 Å². The van der Waals surface area contributed by atoms with Crippen LogP contribution in [0.3, 0.4) is 0 Å². The average molecular weight is 325 g/mol. The van der Waals surface area contributed by atoms with Gasteiger partial charge in [0.25, 0.3) is 0 Å². The van der Waals surface area contributed by atoms with Gasteiger partial charge in [-0.3, -0.25) is 9.59 Å². The minimum atomic E-state index is -0.712. The van der Waals surface area contributed by atoms with Crippen LogP contribution >= 0.6 is 0 Å². The van der Waals surface area contributed by atoms with Gasteiger partial charge in [0.15, 0.2) is 5.78 Å². The molecule has 0 aromatic heterocycles. The molecule has 0 fully saturated rings. The summed E-state index contributed by atoms with van der Waals surface area (Å²) in [7, 11) is 0. The van der Waals surface area contributed by atoms with Crippen molar-refractivity contribution in [3.05, 3.63) is 11.6 Å². The van der Waals surface area contributed by atoms with E-state index in [9.17, 15) is 9.59 Å². The molecule has 0 aliphatic rings. The monoisotopic (exact) mass is 324 g/mol. The van der Waals surface area contributed by atoms with Gasteiger partial charge in [0.05, 0.1) is 0 Å². The highest BCUT2D eigenvalue weighted by Gasteiger charge is 2.11. The second kappa shape index (κ2) is 12.3. The fraction of sp³-hybridized carbons (Fsp3) is 0.800. The first kappa shape index (κ1) is 21.9. The van der Waals surface area contributed by atoms with Crippen molar-refractivity contribution >= 4 is 11.8 Å². The predicted octanol–water partition coefficient (Wildman–Crippen LogP) is 5.64. The van der Waals surface area contributed by atoms with E-state index in [1.165, 1.54) is 0 Å². The van der Waals surface area contributed by atoms with Crippen molar-refractivity contribution in [2.45, 2.75) is 86.0 Å². The summed E-state index contributed by atoms with van der Waals surface area (Å²) in [5.41, 5.74) is 0.910. The van der Waals surface area contributed by atoms with Gasteiger partial charge < -0.3 is 5.11 Å². The summed E-state index contributed by atoms with van der Waals surface area (Å²) in [4.78, 5) is 22.7. The van der Waals surface area contributed by atoms with E-state index >= 15 is 0 Å². The predicted molar refractivity (Wildman–Crippen MR) is 96.5 cm³/mol. The van der Waals surface area contributed by atoms with Gasteiger partial charge in [0.2, 0.25) is 0 Å². The summed E-state index contributed by atoms with van der Waals surface area (Å²) in [6.07, 6.45) is 9.12. The third kappa shape index (κ3) is 13.1. The summed E-state index contributed by atoms with van der Waals surface area (Å²) >= 11 is 0. The second-order valence-corrected chi connectivity index (χ2v) is 7.56. The molecule has 0 aromatic rings. The Labute approximate surface area is 142 Å². The van der Waals surface area contributed by atoms with Gasteiger partial charge in [0, 0.05) is 12.8 Å². The molecular formula is C20H36O3. The maximum atomic E-state index is 12.1. The third-order valence-corrected chi connectivity index (χ3v) is 4.42. The minimum absolute atomic E-state index is 0.243. The lowest BCUT2D eigenvalue weighted by molar-refractivity contribution is -0.138. The van der Waals surface area contributed by atoms with Crippen molar-refractivity contribution in [1.29, 1.82) is 0 Å². The average Bonchev–Trinajstić information content (AvgIpc) is 2.43. The van der Waals surface area contributed by atoms with Gasteiger partial charge in [-0.2, -0.15) is 0 Å². The highest BCUT2D eigenvalue weighted by Crippen LogP contribution is 2.19. The van der Waals surface area contributed by atoms with Crippen LogP contribution in [0.5, 0.6) is 0 Å². The summed E-state index contributed by atoms with van der Waals surface area (Å²) in [6.45, 7) is 10.5. The van der Waals surface area contributed by atoms with Crippen LogP contribution in [-0.4, -0.2) is 16.9 Å². The topological polar surface area (TPSA) is 54.4 Å². The summed E-state index contributed by atoms with van der Waals surface area (Å²) in [5.74, 6) is 1.01. The Kier molecular flexibility index (Phi) is 11.7. The van der Waals surface area contributed by atoms with Gasteiger partial charge in [-0.15, -0.1) is 0 Å². The van der Waals surface area contributed by atoms with Gasteiger partial charge in [-0.05, 0) is 49.5 Å². The van der Waals surface area contributed by atoms with Crippen LogP contribution in [-0.2, 0) is 9.59 Å². The SMILES string of the molecule is C/C(=C\CCC(C)C)C(=O)CC[C@H](C)CCC[C@H](C)CC(=O)O. The van der Waals surface area contributed by atoms with E-state index in [1.54, 1.807) is 0 Å². The van der Waals surface area contributed by atoms with Crippen molar-refractivity contribution in [2.75, 3.05) is 0 Å². The molecule has 0 bridgehead atoms. The Morgan fingerprint density at radius 1 is 0.957 bits per heavy atom. The fourth-order valence-corrected chi connectivity index (χ4v) is 2.68. The van der Waals surface area contributed by atoms with E-state index in [2.05, 4.69) is 26.8 Å². The molecule has 134 valence electrons. The molecule has 0 saturated carbocycles. The number of allylic oxidation sites excluding steroid dienone is 2. The van der Waals surface area contributed by atoms with E-state index in [4.69, 9.17) is 5.11 Å². The molecule has 0 aromatic carbocycles. The molecule has 0 radical (unpaired) electrons. The first-order chi connectivity index (χ1) is 10.7. The number of hydrogen-bond acceptors (Lipinski definition) is 2. The number of rotatable bonds is 13. The molecule has 0 aliphatic heterocycles. The largest absolute Gasteiger partial charge is 0.481 e. The summed E-state index contributed by atoms with van der Waals surface area (Å²) < 4.78 is 0. The minimum Gasteiger partial charge on any atom is -0.481 e. The van der Waals surface area contributed by atoms with Gasteiger partial charge in [-0.1, -0.05) is 53.0 Å². The van der Waals surface area contributed by atoms with E-state index in [1.807, 2.05) is 13.8 Å². The molecule has 0 saturated heterocycles. The zero-order valence-electron chi connectivity index (χ0n) is 15.7. The van der Waals surface area contributed by atoms with Crippen LogP contribution in [0.4, 0.5) is 0 Å². The van der Waals surface area contributed by atoms with Crippen LogP contribution in [0.2, 0.25) is 0 Å². The van der Waals surface area contributed by atoms with Crippen molar-refractivity contribution in [1.82, 2.24) is 0 Å². The highest BCUT2D eigenvalue weighted by atomic mass is 16.4. The van der Waals surface area contributed by atoms with Crippen LogP contribution in [0, 0.1) is 17.8 Å².